The Balaban J connectivity index is 0.00000240. The van der Waals surface area contributed by atoms with E-state index in [0.29, 0.717) is 66.1 Å². The topological polar surface area (TPSA) is 107 Å². The quantitative estimate of drug-likeness (QED) is 0.685. The molecule has 0 atom stereocenters. The summed E-state index contributed by atoms with van der Waals surface area (Å²) in [6.45, 7) is 2.30. The van der Waals surface area contributed by atoms with Crippen LogP contribution in [0.25, 0.3) is 10.9 Å². The van der Waals surface area contributed by atoms with Crippen LogP contribution >= 0.6 is 12.4 Å². The Hall–Kier alpha value is -3.20. The monoisotopic (exact) mass is 419 g/mol. The summed E-state index contributed by atoms with van der Waals surface area (Å²) >= 11 is 0. The van der Waals surface area contributed by atoms with Crippen molar-refractivity contribution in [1.82, 2.24) is 14.9 Å². The standard InChI is InChI=1S/C19H21N5O4.ClH/c1-26-13-6-5-12-15(16(13)27-2)17(20)22-19(21-12)24-9-7-23(8-10-24)18(25)14-4-3-11-28-14;/h3-6,11H,7-10H2,1-2H3,(H2,20,21,22);1H. The van der Waals surface area contributed by atoms with Crippen molar-refractivity contribution >= 4 is 41.0 Å². The number of methoxy groups -OCH3 is 2. The molecule has 2 N–H and O–H groups in total. The van der Waals surface area contributed by atoms with Gasteiger partial charge < -0.3 is 29.4 Å². The SMILES string of the molecule is COc1ccc2nc(N3CCN(C(=O)c4ccco4)CC3)nc(N)c2c1OC.Cl. The van der Waals surface area contributed by atoms with Gasteiger partial charge in [0, 0.05) is 26.2 Å². The van der Waals surface area contributed by atoms with Crippen LogP contribution in [-0.4, -0.2) is 61.2 Å². The van der Waals surface area contributed by atoms with Gasteiger partial charge in [-0.3, -0.25) is 4.79 Å². The first-order valence-corrected chi connectivity index (χ1v) is 8.88. The number of nitrogens with zero attached hydrogens (tertiary/aromatic N) is 4. The highest BCUT2D eigenvalue weighted by Crippen LogP contribution is 2.38. The van der Waals surface area contributed by atoms with Crippen LogP contribution in [0.5, 0.6) is 11.5 Å². The molecule has 0 spiro atoms. The zero-order valence-electron chi connectivity index (χ0n) is 16.1. The molecule has 0 bridgehead atoms. The number of ether oxygens (including phenoxy) is 2. The lowest BCUT2D eigenvalue weighted by molar-refractivity contribution is 0.0714. The average molecular weight is 420 g/mol. The third-order valence-corrected chi connectivity index (χ3v) is 4.80. The van der Waals surface area contributed by atoms with E-state index in [1.165, 1.54) is 6.26 Å². The molecule has 3 heterocycles. The lowest BCUT2D eigenvalue weighted by atomic mass is 10.2. The number of piperazine rings is 1. The van der Waals surface area contributed by atoms with Crippen LogP contribution < -0.4 is 20.1 Å². The summed E-state index contributed by atoms with van der Waals surface area (Å²) in [6, 6.07) is 6.99. The van der Waals surface area contributed by atoms with Crippen LogP contribution in [0.1, 0.15) is 10.6 Å². The smallest absolute Gasteiger partial charge is 0.289 e. The Morgan fingerprint density at radius 1 is 1.10 bits per heavy atom. The number of rotatable bonds is 4. The van der Waals surface area contributed by atoms with Crippen molar-refractivity contribution < 1.29 is 18.7 Å². The van der Waals surface area contributed by atoms with E-state index in [1.54, 1.807) is 37.3 Å². The van der Waals surface area contributed by atoms with Crippen molar-refractivity contribution in [2.24, 2.45) is 0 Å². The number of fused-ring (bicyclic) bond motifs is 1. The molecule has 1 aromatic carbocycles. The van der Waals surface area contributed by atoms with Gasteiger partial charge in [0.15, 0.2) is 17.3 Å². The molecule has 29 heavy (non-hydrogen) atoms. The van der Waals surface area contributed by atoms with E-state index in [2.05, 4.69) is 9.97 Å². The molecule has 1 aliphatic heterocycles. The van der Waals surface area contributed by atoms with Gasteiger partial charge in [0.25, 0.3) is 5.91 Å². The summed E-state index contributed by atoms with van der Waals surface area (Å²) in [5, 5.41) is 0.622. The summed E-state index contributed by atoms with van der Waals surface area (Å²) in [6.07, 6.45) is 1.50. The van der Waals surface area contributed by atoms with E-state index in [9.17, 15) is 4.79 Å². The molecule has 1 saturated heterocycles. The maximum absolute atomic E-state index is 12.4. The van der Waals surface area contributed by atoms with Crippen molar-refractivity contribution in [3.8, 4) is 11.5 Å². The molecule has 10 heteroatoms. The van der Waals surface area contributed by atoms with Crippen molar-refractivity contribution in [1.29, 1.82) is 0 Å². The molecular weight excluding hydrogens is 398 g/mol. The zero-order chi connectivity index (χ0) is 19.7. The van der Waals surface area contributed by atoms with E-state index in [0.717, 1.165) is 0 Å². The summed E-state index contributed by atoms with van der Waals surface area (Å²) in [5.74, 6) is 2.18. The predicted octanol–water partition coefficient (Wildman–Crippen LogP) is 2.21. The number of carbonyl (C=O) groups is 1. The predicted molar refractivity (Wildman–Crippen MR) is 111 cm³/mol. The number of amides is 1. The molecule has 0 saturated carbocycles. The molecule has 154 valence electrons. The van der Waals surface area contributed by atoms with E-state index in [1.807, 2.05) is 11.0 Å². The van der Waals surface area contributed by atoms with Gasteiger partial charge >= 0.3 is 0 Å². The highest BCUT2D eigenvalue weighted by Gasteiger charge is 2.26. The largest absolute Gasteiger partial charge is 0.493 e. The lowest BCUT2D eigenvalue weighted by Crippen LogP contribution is -2.49. The second-order valence-electron chi connectivity index (χ2n) is 6.36. The minimum absolute atomic E-state index is 0. The Bertz CT molecular complexity index is 1000. The maximum Gasteiger partial charge on any atom is 0.289 e. The highest BCUT2D eigenvalue weighted by atomic mass is 35.5. The van der Waals surface area contributed by atoms with Crippen molar-refractivity contribution in [2.45, 2.75) is 0 Å². The number of hydrogen-bond acceptors (Lipinski definition) is 8. The highest BCUT2D eigenvalue weighted by molar-refractivity contribution is 5.96. The number of carbonyl (C=O) groups excluding carboxylic acids is 1. The first kappa shape index (κ1) is 20.5. The fourth-order valence-corrected chi connectivity index (χ4v) is 3.36. The fourth-order valence-electron chi connectivity index (χ4n) is 3.36. The molecule has 4 rings (SSSR count). The molecule has 0 radical (unpaired) electrons. The first-order valence-electron chi connectivity index (χ1n) is 8.88. The minimum Gasteiger partial charge on any atom is -0.493 e. The summed E-state index contributed by atoms with van der Waals surface area (Å²) in [7, 11) is 3.12. The molecule has 2 aromatic heterocycles. The van der Waals surface area contributed by atoms with Crippen molar-refractivity contribution in [3.05, 3.63) is 36.3 Å². The lowest BCUT2D eigenvalue weighted by Gasteiger charge is -2.34. The molecule has 1 fully saturated rings. The Kier molecular flexibility index (Phi) is 5.97. The van der Waals surface area contributed by atoms with E-state index < -0.39 is 0 Å². The van der Waals surface area contributed by atoms with Gasteiger partial charge in [-0.25, -0.2) is 4.98 Å². The molecule has 1 amide bonds. The molecule has 0 unspecified atom stereocenters. The van der Waals surface area contributed by atoms with Crippen LogP contribution in [0.15, 0.2) is 34.9 Å². The number of hydrogen-bond donors (Lipinski definition) is 1. The van der Waals surface area contributed by atoms with Crippen LogP contribution in [0.2, 0.25) is 0 Å². The Labute approximate surface area is 173 Å². The van der Waals surface area contributed by atoms with Crippen molar-refractivity contribution in [2.75, 3.05) is 51.0 Å². The minimum atomic E-state index is -0.111. The van der Waals surface area contributed by atoms with Gasteiger partial charge in [0.1, 0.15) is 5.82 Å². The van der Waals surface area contributed by atoms with Gasteiger partial charge in [0.05, 0.1) is 31.4 Å². The normalized spacial score (nSPS) is 13.9. The Morgan fingerprint density at radius 3 is 2.48 bits per heavy atom. The van der Waals surface area contributed by atoms with Gasteiger partial charge in [-0.2, -0.15) is 4.98 Å². The second kappa shape index (κ2) is 8.44. The molecule has 1 aliphatic rings. The van der Waals surface area contributed by atoms with Gasteiger partial charge in [-0.1, -0.05) is 0 Å². The van der Waals surface area contributed by atoms with Crippen LogP contribution in [0.4, 0.5) is 11.8 Å². The first-order chi connectivity index (χ1) is 13.6. The van der Waals surface area contributed by atoms with Crippen molar-refractivity contribution in [3.63, 3.8) is 0 Å². The van der Waals surface area contributed by atoms with Gasteiger partial charge in [0.2, 0.25) is 5.95 Å². The molecular formula is C19H22ClN5O4. The summed E-state index contributed by atoms with van der Waals surface area (Å²) in [4.78, 5) is 25.3. The number of benzene rings is 1. The summed E-state index contributed by atoms with van der Waals surface area (Å²) < 4.78 is 16.0. The fraction of sp³-hybridized carbons (Fsp3) is 0.316. The average Bonchev–Trinajstić information content (AvgIpc) is 3.27. The number of halogens is 1. The number of nitrogens with two attached hydrogens (primary N) is 1. The van der Waals surface area contributed by atoms with Gasteiger partial charge in [-0.15, -0.1) is 12.4 Å². The van der Waals surface area contributed by atoms with E-state index in [-0.39, 0.29) is 18.3 Å². The molecule has 0 aliphatic carbocycles. The van der Waals surface area contributed by atoms with Crippen LogP contribution in [0, 0.1) is 0 Å². The number of nitrogen functional groups attached to an aromatic ring is 1. The second-order valence-corrected chi connectivity index (χ2v) is 6.36. The third kappa shape index (κ3) is 3.73. The van der Waals surface area contributed by atoms with Crippen LogP contribution in [-0.2, 0) is 0 Å². The number of furan rings is 1. The van der Waals surface area contributed by atoms with Crippen LogP contribution in [0.3, 0.4) is 0 Å². The van der Waals surface area contributed by atoms with E-state index >= 15 is 0 Å². The Morgan fingerprint density at radius 2 is 1.86 bits per heavy atom. The number of aromatic nitrogens is 2. The summed E-state index contributed by atoms with van der Waals surface area (Å²) in [5.41, 5.74) is 6.89. The molecule has 3 aromatic rings. The molecule has 9 nitrogen and oxygen atoms in total. The van der Waals surface area contributed by atoms with E-state index in [4.69, 9.17) is 19.6 Å². The zero-order valence-corrected chi connectivity index (χ0v) is 16.9. The maximum atomic E-state index is 12.4. The third-order valence-electron chi connectivity index (χ3n) is 4.80. The van der Waals surface area contributed by atoms with Gasteiger partial charge in [-0.05, 0) is 24.3 Å². The number of anilines is 2.